The summed E-state index contributed by atoms with van der Waals surface area (Å²) in [5.41, 5.74) is 0.824. The Morgan fingerprint density at radius 1 is 0.852 bits per heavy atom. The summed E-state index contributed by atoms with van der Waals surface area (Å²) in [5, 5.41) is 0. The number of hydrogen-bond donors (Lipinski definition) is 0. The first-order valence-corrected chi connectivity index (χ1v) is 8.44. The van der Waals surface area contributed by atoms with E-state index in [-0.39, 0.29) is 22.8 Å². The molecule has 0 aliphatic rings. The second-order valence-electron chi connectivity index (χ2n) is 5.69. The van der Waals surface area contributed by atoms with Crippen LogP contribution in [0.4, 0.5) is 0 Å². The minimum absolute atomic E-state index is 0.123. The molecule has 2 aromatic carbocycles. The number of ketones is 1. The highest BCUT2D eigenvalue weighted by molar-refractivity contribution is 6.14. The molecule has 0 aliphatic carbocycles. The summed E-state index contributed by atoms with van der Waals surface area (Å²) < 4.78 is 5.14. The summed E-state index contributed by atoms with van der Waals surface area (Å²) >= 11 is 0. The maximum atomic E-state index is 12.7. The second kappa shape index (κ2) is 9.87. The highest BCUT2D eigenvalue weighted by Gasteiger charge is 2.20. The van der Waals surface area contributed by atoms with Crippen LogP contribution in [0.15, 0.2) is 79.9 Å². The van der Waals surface area contributed by atoms with Gasteiger partial charge in [-0.1, -0.05) is 60.7 Å². The normalized spacial score (nSPS) is 9.93. The van der Waals surface area contributed by atoms with Crippen LogP contribution in [0.25, 0.3) is 0 Å². The average Bonchev–Trinajstić information content (AvgIpc) is 2.71. The Bertz CT molecular complexity index is 832. The molecule has 5 nitrogen and oxygen atoms in total. The third kappa shape index (κ3) is 5.25. The first-order valence-electron chi connectivity index (χ1n) is 8.44. The average molecular weight is 363 g/mol. The lowest BCUT2D eigenvalue weighted by Gasteiger charge is -2.19. The molecule has 1 amide bonds. The number of ether oxygens (including phenoxy) is 1. The van der Waals surface area contributed by atoms with Gasteiger partial charge in [-0.15, -0.1) is 13.2 Å². The van der Waals surface area contributed by atoms with Crippen molar-refractivity contribution < 1.29 is 19.1 Å². The van der Waals surface area contributed by atoms with Crippen molar-refractivity contribution in [2.75, 3.05) is 19.7 Å². The van der Waals surface area contributed by atoms with Crippen LogP contribution in [0.1, 0.15) is 26.3 Å². The number of esters is 1. The molecule has 2 rings (SSSR count). The van der Waals surface area contributed by atoms with Crippen molar-refractivity contribution in [1.29, 1.82) is 0 Å². The topological polar surface area (TPSA) is 63.7 Å². The Balaban J connectivity index is 2.13. The Morgan fingerprint density at radius 2 is 1.41 bits per heavy atom. The molecule has 0 aliphatic heterocycles. The molecule has 0 heterocycles. The molecule has 5 heteroatoms. The van der Waals surface area contributed by atoms with Crippen LogP contribution in [0.3, 0.4) is 0 Å². The molecule has 27 heavy (non-hydrogen) atoms. The van der Waals surface area contributed by atoms with Gasteiger partial charge in [-0.25, -0.2) is 4.79 Å². The van der Waals surface area contributed by atoms with E-state index in [1.165, 1.54) is 11.0 Å². The molecule has 0 fully saturated rings. The van der Waals surface area contributed by atoms with E-state index in [2.05, 4.69) is 13.2 Å². The molecule has 0 spiro atoms. The first-order chi connectivity index (χ1) is 13.1. The molecule has 0 saturated heterocycles. The van der Waals surface area contributed by atoms with Gasteiger partial charge in [-0.2, -0.15) is 0 Å². The number of carbonyl (C=O) groups excluding carboxylic acids is 3. The number of carbonyl (C=O) groups is 3. The Kier molecular flexibility index (Phi) is 7.26. The van der Waals surface area contributed by atoms with Crippen molar-refractivity contribution in [3.63, 3.8) is 0 Å². The fourth-order valence-electron chi connectivity index (χ4n) is 2.49. The summed E-state index contributed by atoms with van der Waals surface area (Å²) in [5.74, 6) is -1.37. The van der Waals surface area contributed by atoms with Gasteiger partial charge in [0.25, 0.3) is 5.91 Å². The zero-order chi connectivity index (χ0) is 19.6. The summed E-state index contributed by atoms with van der Waals surface area (Å²) in [6.45, 7) is 7.42. The summed E-state index contributed by atoms with van der Waals surface area (Å²) in [6, 6.07) is 15.1. The molecule has 138 valence electrons. The Morgan fingerprint density at radius 3 is 2.00 bits per heavy atom. The molecule has 0 atom stereocenters. The first kappa shape index (κ1) is 19.8. The molecule has 0 aromatic heterocycles. The van der Waals surface area contributed by atoms with Crippen molar-refractivity contribution in [3.05, 3.63) is 96.6 Å². The van der Waals surface area contributed by atoms with E-state index in [1.54, 1.807) is 60.7 Å². The van der Waals surface area contributed by atoms with Crippen molar-refractivity contribution >= 4 is 17.7 Å². The van der Waals surface area contributed by atoms with Crippen LogP contribution in [0, 0.1) is 0 Å². The monoisotopic (exact) mass is 363 g/mol. The van der Waals surface area contributed by atoms with E-state index in [4.69, 9.17) is 4.74 Å². The zero-order valence-electron chi connectivity index (χ0n) is 15.0. The van der Waals surface area contributed by atoms with Crippen molar-refractivity contribution in [2.45, 2.75) is 0 Å². The Hall–Kier alpha value is -3.47. The molecule has 0 saturated carbocycles. The minimum Gasteiger partial charge on any atom is -0.452 e. The maximum Gasteiger partial charge on any atom is 0.339 e. The van der Waals surface area contributed by atoms with E-state index in [0.29, 0.717) is 18.7 Å². The van der Waals surface area contributed by atoms with Crippen molar-refractivity contribution in [3.8, 4) is 0 Å². The van der Waals surface area contributed by atoms with Gasteiger partial charge in [-0.05, 0) is 6.07 Å². The third-order valence-electron chi connectivity index (χ3n) is 3.81. The third-order valence-corrected chi connectivity index (χ3v) is 3.81. The predicted molar refractivity (Wildman–Crippen MR) is 104 cm³/mol. The smallest absolute Gasteiger partial charge is 0.339 e. The van der Waals surface area contributed by atoms with Gasteiger partial charge in [-0.3, -0.25) is 9.59 Å². The lowest BCUT2D eigenvalue weighted by Crippen LogP contribution is -2.35. The zero-order valence-corrected chi connectivity index (χ0v) is 15.0. The van der Waals surface area contributed by atoms with Crippen LogP contribution >= 0.6 is 0 Å². The van der Waals surface area contributed by atoms with Gasteiger partial charge < -0.3 is 9.64 Å². The molecular formula is C22H21NO4. The van der Waals surface area contributed by atoms with E-state index in [1.807, 2.05) is 0 Å². The number of rotatable bonds is 9. The fraction of sp³-hybridized carbons (Fsp3) is 0.136. The van der Waals surface area contributed by atoms with Crippen LogP contribution in [0.5, 0.6) is 0 Å². The number of nitrogens with zero attached hydrogens (tertiary/aromatic N) is 1. The van der Waals surface area contributed by atoms with Crippen LogP contribution < -0.4 is 0 Å². The van der Waals surface area contributed by atoms with Gasteiger partial charge >= 0.3 is 5.97 Å². The maximum absolute atomic E-state index is 12.7. The van der Waals surface area contributed by atoms with Crippen molar-refractivity contribution in [1.82, 2.24) is 4.90 Å². The molecule has 0 radical (unpaired) electrons. The fourth-order valence-corrected chi connectivity index (χ4v) is 2.49. The minimum atomic E-state index is -0.722. The lowest BCUT2D eigenvalue weighted by molar-refractivity contribution is -0.133. The van der Waals surface area contributed by atoms with Gasteiger partial charge in [0.05, 0.1) is 5.56 Å². The number of hydrogen-bond acceptors (Lipinski definition) is 4. The predicted octanol–water partition coefficient (Wildman–Crippen LogP) is 3.28. The molecule has 0 N–H and O–H groups in total. The summed E-state index contributed by atoms with van der Waals surface area (Å²) in [4.78, 5) is 38.8. The van der Waals surface area contributed by atoms with Crippen LogP contribution in [-0.4, -0.2) is 42.3 Å². The van der Waals surface area contributed by atoms with E-state index in [0.717, 1.165) is 0 Å². The summed E-state index contributed by atoms with van der Waals surface area (Å²) in [7, 11) is 0. The van der Waals surface area contributed by atoms with E-state index < -0.39 is 12.6 Å². The lowest BCUT2D eigenvalue weighted by atomic mass is 9.98. The number of amides is 1. The van der Waals surface area contributed by atoms with Gasteiger partial charge in [0, 0.05) is 24.2 Å². The highest BCUT2D eigenvalue weighted by Crippen LogP contribution is 2.16. The quantitative estimate of drug-likeness (QED) is 0.390. The Labute approximate surface area is 158 Å². The number of benzene rings is 2. The van der Waals surface area contributed by atoms with E-state index in [9.17, 15) is 14.4 Å². The SMILES string of the molecule is C=CCN(CC=C)C(=O)COC(=O)c1ccccc1C(=O)c1ccccc1. The standard InChI is InChI=1S/C22H21NO4/c1-3-14-23(15-4-2)20(24)16-27-22(26)19-13-9-8-12-18(19)21(25)17-10-6-5-7-11-17/h3-13H,1-2,14-16H2. The van der Waals surface area contributed by atoms with Crippen molar-refractivity contribution in [2.24, 2.45) is 0 Å². The van der Waals surface area contributed by atoms with E-state index >= 15 is 0 Å². The second-order valence-corrected chi connectivity index (χ2v) is 5.69. The molecule has 0 bridgehead atoms. The van der Waals surface area contributed by atoms with Crippen LogP contribution in [-0.2, 0) is 9.53 Å². The van der Waals surface area contributed by atoms with Gasteiger partial charge in [0.1, 0.15) is 0 Å². The molecular weight excluding hydrogens is 342 g/mol. The van der Waals surface area contributed by atoms with Gasteiger partial charge in [0.2, 0.25) is 0 Å². The van der Waals surface area contributed by atoms with Crippen LogP contribution in [0.2, 0.25) is 0 Å². The summed E-state index contributed by atoms with van der Waals surface area (Å²) in [6.07, 6.45) is 3.16. The molecule has 2 aromatic rings. The largest absolute Gasteiger partial charge is 0.452 e. The highest BCUT2D eigenvalue weighted by atomic mass is 16.5. The van der Waals surface area contributed by atoms with Gasteiger partial charge in [0.15, 0.2) is 12.4 Å². The molecule has 0 unspecified atom stereocenters.